The Kier molecular flexibility index (Phi) is 5.93. The molecule has 0 aliphatic carbocycles. The molecule has 2 aromatic rings. The molecule has 0 N–H and O–H groups in total. The maximum absolute atomic E-state index is 12.6. The van der Waals surface area contributed by atoms with Crippen LogP contribution < -0.4 is 4.74 Å². The number of aryl methyl sites for hydroxylation is 2. The maximum Gasteiger partial charge on any atom is 0.311 e. The molecule has 0 radical (unpaired) electrons. The quantitative estimate of drug-likeness (QED) is 0.529. The topological polar surface area (TPSA) is 108 Å². The molecule has 0 saturated carbocycles. The van der Waals surface area contributed by atoms with Gasteiger partial charge in [-0.15, -0.1) is 0 Å². The normalized spacial score (nSPS) is 16.4. The van der Waals surface area contributed by atoms with Crippen LogP contribution in [0.25, 0.3) is 0 Å². The first-order valence-electron chi connectivity index (χ1n) is 9.01. The van der Waals surface area contributed by atoms with Crippen molar-refractivity contribution in [1.29, 1.82) is 0 Å². The summed E-state index contributed by atoms with van der Waals surface area (Å²) in [6, 6.07) is 4.57. The molecule has 1 fully saturated rings. The average molecular weight is 389 g/mol. The number of methoxy groups -OCH3 is 1. The summed E-state index contributed by atoms with van der Waals surface area (Å²) in [5.74, 6) is 0.836. The molecule has 9 nitrogen and oxygen atoms in total. The highest BCUT2D eigenvalue weighted by molar-refractivity contribution is 5.79. The molecular weight excluding hydrogens is 366 g/mol. The van der Waals surface area contributed by atoms with E-state index >= 15 is 0 Å². The van der Waals surface area contributed by atoms with Gasteiger partial charge in [0.05, 0.1) is 36.9 Å². The third-order valence-corrected chi connectivity index (χ3v) is 4.94. The van der Waals surface area contributed by atoms with Crippen molar-refractivity contribution in [3.8, 4) is 5.75 Å². The molecule has 0 bridgehead atoms. The third kappa shape index (κ3) is 4.30. The second-order valence-corrected chi connectivity index (χ2v) is 6.80. The van der Waals surface area contributed by atoms with Gasteiger partial charge in [0.2, 0.25) is 5.91 Å². The van der Waals surface area contributed by atoms with Crippen LogP contribution in [0.15, 0.2) is 22.7 Å². The van der Waals surface area contributed by atoms with Crippen LogP contribution in [0.3, 0.4) is 0 Å². The van der Waals surface area contributed by atoms with E-state index in [1.165, 1.54) is 19.2 Å². The molecule has 3 rings (SSSR count). The number of benzene rings is 1. The molecule has 1 aliphatic rings. The van der Waals surface area contributed by atoms with E-state index < -0.39 is 4.92 Å². The number of carbonyl (C=O) groups excluding carboxylic acids is 1. The van der Waals surface area contributed by atoms with Gasteiger partial charge in [-0.2, -0.15) is 0 Å². The largest absolute Gasteiger partial charge is 0.490 e. The SMILES string of the molecule is COc1ccc(CC(=O)N2CCC(OCc3c(C)noc3C)C2)cc1[N+](=O)[O-]. The van der Waals surface area contributed by atoms with E-state index in [1.807, 2.05) is 13.8 Å². The van der Waals surface area contributed by atoms with Crippen molar-refractivity contribution >= 4 is 11.6 Å². The lowest BCUT2D eigenvalue weighted by atomic mass is 10.1. The van der Waals surface area contributed by atoms with Gasteiger partial charge in [0, 0.05) is 24.7 Å². The monoisotopic (exact) mass is 389 g/mol. The summed E-state index contributed by atoms with van der Waals surface area (Å²) in [7, 11) is 1.38. The maximum atomic E-state index is 12.6. The van der Waals surface area contributed by atoms with Gasteiger partial charge in [0.1, 0.15) is 5.76 Å². The van der Waals surface area contributed by atoms with Crippen LogP contribution >= 0.6 is 0 Å². The number of nitrogens with zero attached hydrogens (tertiary/aromatic N) is 3. The van der Waals surface area contributed by atoms with Crippen LogP contribution in [0, 0.1) is 24.0 Å². The summed E-state index contributed by atoms with van der Waals surface area (Å²) in [4.78, 5) is 24.9. The lowest BCUT2D eigenvalue weighted by Gasteiger charge is -2.17. The van der Waals surface area contributed by atoms with E-state index in [9.17, 15) is 14.9 Å². The van der Waals surface area contributed by atoms with Crippen molar-refractivity contribution in [3.05, 3.63) is 50.9 Å². The Morgan fingerprint density at radius 3 is 2.86 bits per heavy atom. The molecule has 1 aromatic carbocycles. The summed E-state index contributed by atoms with van der Waals surface area (Å²) in [6.07, 6.45) is 0.794. The van der Waals surface area contributed by atoms with Crippen LogP contribution in [-0.4, -0.2) is 47.2 Å². The predicted molar refractivity (Wildman–Crippen MR) is 99.1 cm³/mol. The second kappa shape index (κ2) is 8.39. The number of nitro benzene ring substituents is 1. The van der Waals surface area contributed by atoms with Gasteiger partial charge in [-0.1, -0.05) is 11.2 Å². The summed E-state index contributed by atoms with van der Waals surface area (Å²) in [5, 5.41) is 15.0. The van der Waals surface area contributed by atoms with Crippen LogP contribution in [0.2, 0.25) is 0 Å². The van der Waals surface area contributed by atoms with Crippen molar-refractivity contribution in [1.82, 2.24) is 10.1 Å². The van der Waals surface area contributed by atoms with Crippen LogP contribution in [0.1, 0.15) is 29.0 Å². The Bertz CT molecular complexity index is 859. The lowest BCUT2D eigenvalue weighted by Crippen LogP contribution is -2.31. The number of likely N-dealkylation sites (tertiary alicyclic amines) is 1. The summed E-state index contributed by atoms with van der Waals surface area (Å²) in [5.41, 5.74) is 2.19. The lowest BCUT2D eigenvalue weighted by molar-refractivity contribution is -0.385. The molecule has 2 heterocycles. The number of ether oxygens (including phenoxy) is 2. The Balaban J connectivity index is 1.56. The van der Waals surface area contributed by atoms with E-state index in [-0.39, 0.29) is 29.9 Å². The smallest absolute Gasteiger partial charge is 0.311 e. The Labute approximate surface area is 162 Å². The zero-order chi connectivity index (χ0) is 20.3. The molecular formula is C19H23N3O6. The number of hydrogen-bond donors (Lipinski definition) is 0. The van der Waals surface area contributed by atoms with Crippen molar-refractivity contribution in [2.75, 3.05) is 20.2 Å². The molecule has 0 spiro atoms. The number of rotatable bonds is 7. The minimum absolute atomic E-state index is 0.0529. The molecule has 1 atom stereocenters. The van der Waals surface area contributed by atoms with Crippen LogP contribution in [0.4, 0.5) is 5.69 Å². The summed E-state index contributed by atoms with van der Waals surface area (Å²) < 4.78 is 16.0. The molecule has 150 valence electrons. The van der Waals surface area contributed by atoms with E-state index in [0.29, 0.717) is 25.3 Å². The average Bonchev–Trinajstić information content (AvgIpc) is 3.27. The van der Waals surface area contributed by atoms with E-state index in [2.05, 4.69) is 5.16 Å². The van der Waals surface area contributed by atoms with Crippen LogP contribution in [0.5, 0.6) is 5.75 Å². The first kappa shape index (κ1) is 19.8. The summed E-state index contributed by atoms with van der Waals surface area (Å²) >= 11 is 0. The second-order valence-electron chi connectivity index (χ2n) is 6.80. The van der Waals surface area contributed by atoms with Crippen molar-refractivity contribution < 1.29 is 23.7 Å². The van der Waals surface area contributed by atoms with Gasteiger partial charge in [-0.3, -0.25) is 14.9 Å². The first-order chi connectivity index (χ1) is 13.4. The van der Waals surface area contributed by atoms with Gasteiger partial charge in [-0.05, 0) is 31.9 Å². The molecule has 28 heavy (non-hydrogen) atoms. The van der Waals surface area contributed by atoms with Gasteiger partial charge in [-0.25, -0.2) is 0 Å². The fraction of sp³-hybridized carbons (Fsp3) is 0.474. The zero-order valence-electron chi connectivity index (χ0n) is 16.1. The molecule has 9 heteroatoms. The predicted octanol–water partition coefficient (Wildman–Crippen LogP) is 2.57. The highest BCUT2D eigenvalue weighted by Crippen LogP contribution is 2.28. The number of amides is 1. The van der Waals surface area contributed by atoms with E-state index in [1.54, 1.807) is 11.0 Å². The van der Waals surface area contributed by atoms with Crippen molar-refractivity contribution in [2.24, 2.45) is 0 Å². The standard InChI is InChI=1S/C19H23N3O6/c1-12-16(13(2)28-20-12)11-27-15-6-7-21(10-15)19(23)9-14-4-5-18(26-3)17(8-14)22(24)25/h4-5,8,15H,6-7,9-11H2,1-3H3. The first-order valence-corrected chi connectivity index (χ1v) is 9.01. The molecule has 1 unspecified atom stereocenters. The molecule has 1 aromatic heterocycles. The Morgan fingerprint density at radius 1 is 1.43 bits per heavy atom. The fourth-order valence-electron chi connectivity index (χ4n) is 3.27. The highest BCUT2D eigenvalue weighted by atomic mass is 16.6. The minimum Gasteiger partial charge on any atom is -0.490 e. The fourth-order valence-corrected chi connectivity index (χ4v) is 3.27. The van der Waals surface area contributed by atoms with Gasteiger partial charge in [0.25, 0.3) is 0 Å². The number of carbonyl (C=O) groups is 1. The van der Waals surface area contributed by atoms with E-state index in [4.69, 9.17) is 14.0 Å². The number of hydrogen-bond acceptors (Lipinski definition) is 7. The third-order valence-electron chi connectivity index (χ3n) is 4.94. The molecule has 1 saturated heterocycles. The zero-order valence-corrected chi connectivity index (χ0v) is 16.1. The Morgan fingerprint density at radius 2 is 2.21 bits per heavy atom. The number of aromatic nitrogens is 1. The van der Waals surface area contributed by atoms with Gasteiger partial charge < -0.3 is 18.9 Å². The van der Waals surface area contributed by atoms with Crippen molar-refractivity contribution in [3.63, 3.8) is 0 Å². The highest BCUT2D eigenvalue weighted by Gasteiger charge is 2.28. The molecule has 1 aliphatic heterocycles. The minimum atomic E-state index is -0.513. The van der Waals surface area contributed by atoms with E-state index in [0.717, 1.165) is 23.4 Å². The van der Waals surface area contributed by atoms with Crippen LogP contribution in [-0.2, 0) is 22.6 Å². The van der Waals surface area contributed by atoms with Gasteiger partial charge in [0.15, 0.2) is 5.75 Å². The van der Waals surface area contributed by atoms with Gasteiger partial charge >= 0.3 is 5.69 Å². The Hall–Kier alpha value is -2.94. The summed E-state index contributed by atoms with van der Waals surface area (Å²) in [6.45, 7) is 5.22. The number of nitro groups is 1. The van der Waals surface area contributed by atoms with Crippen molar-refractivity contribution in [2.45, 2.75) is 39.4 Å². The molecule has 1 amide bonds.